The number of carbonyl (C=O) groups excluding carboxylic acids is 1. The minimum atomic E-state index is 0.0509. The van der Waals surface area contributed by atoms with Gasteiger partial charge in [0.25, 0.3) is 0 Å². The van der Waals surface area contributed by atoms with Gasteiger partial charge in [0.1, 0.15) is 0 Å². The summed E-state index contributed by atoms with van der Waals surface area (Å²) in [5.41, 5.74) is 2.48. The van der Waals surface area contributed by atoms with Gasteiger partial charge in [-0.05, 0) is 17.0 Å². The van der Waals surface area contributed by atoms with Crippen molar-refractivity contribution in [3.8, 4) is 0 Å². The second-order valence-corrected chi connectivity index (χ2v) is 4.77. The molecule has 1 aromatic rings. The second-order valence-electron chi connectivity index (χ2n) is 4.77. The average Bonchev–Trinajstić information content (AvgIpc) is 2.26. The molecule has 1 aromatic carbocycles. The largest absolute Gasteiger partial charge is 0.352 e. The summed E-state index contributed by atoms with van der Waals surface area (Å²) in [4.78, 5) is 11.4. The maximum atomic E-state index is 11.4. The number of hydrogen-bond donors (Lipinski definition) is 1. The van der Waals surface area contributed by atoms with E-state index in [-0.39, 0.29) is 11.8 Å². The summed E-state index contributed by atoms with van der Waals surface area (Å²) in [6.45, 7) is 8.77. The maximum Gasteiger partial charge on any atom is 0.222 e. The van der Waals surface area contributed by atoms with E-state index in [0.29, 0.717) is 12.5 Å². The first-order valence-electron chi connectivity index (χ1n) is 5.87. The van der Waals surface area contributed by atoms with Crippen LogP contribution in [-0.4, -0.2) is 5.91 Å². The summed E-state index contributed by atoms with van der Waals surface area (Å²) < 4.78 is 0. The van der Waals surface area contributed by atoms with Crippen LogP contribution in [0.5, 0.6) is 0 Å². The number of nitrogens with one attached hydrogen (secondary N) is 1. The van der Waals surface area contributed by atoms with Crippen LogP contribution in [0, 0.1) is 5.92 Å². The molecule has 0 unspecified atom stereocenters. The number of amides is 1. The topological polar surface area (TPSA) is 29.1 Å². The molecule has 1 rings (SSSR count). The molecular formula is C14H21NO. The van der Waals surface area contributed by atoms with Gasteiger partial charge in [0, 0.05) is 12.5 Å². The van der Waals surface area contributed by atoms with E-state index in [4.69, 9.17) is 0 Å². The molecule has 0 fully saturated rings. The number of carbonyl (C=O) groups is 1. The summed E-state index contributed by atoms with van der Waals surface area (Å²) >= 11 is 0. The van der Waals surface area contributed by atoms with Gasteiger partial charge in [0.05, 0.1) is 0 Å². The third kappa shape index (κ3) is 3.69. The summed E-state index contributed by atoms with van der Waals surface area (Å²) in [6, 6.07) is 8.41. The molecule has 2 nitrogen and oxygen atoms in total. The normalized spacial score (nSPS) is 10.9. The van der Waals surface area contributed by atoms with E-state index in [1.165, 1.54) is 5.56 Å². The van der Waals surface area contributed by atoms with E-state index < -0.39 is 0 Å². The van der Waals surface area contributed by atoms with Gasteiger partial charge in [0.15, 0.2) is 0 Å². The first kappa shape index (κ1) is 12.8. The molecule has 0 heterocycles. The van der Waals surface area contributed by atoms with Crippen molar-refractivity contribution in [3.63, 3.8) is 0 Å². The molecule has 1 N–H and O–H groups in total. The van der Waals surface area contributed by atoms with Gasteiger partial charge < -0.3 is 5.32 Å². The molecule has 0 spiro atoms. The van der Waals surface area contributed by atoms with Gasteiger partial charge in [-0.3, -0.25) is 4.79 Å². The number of benzene rings is 1. The van der Waals surface area contributed by atoms with Gasteiger partial charge >= 0.3 is 0 Å². The smallest absolute Gasteiger partial charge is 0.222 e. The standard InChI is InChI=1S/C14H21NO/c1-10(2)13-7-5-12(6-8-13)9-15-14(16)11(3)4/h5-8,10-11H,9H2,1-4H3,(H,15,16). The Morgan fingerprint density at radius 2 is 1.69 bits per heavy atom. The van der Waals surface area contributed by atoms with Crippen LogP contribution in [0.3, 0.4) is 0 Å². The fourth-order valence-electron chi connectivity index (χ4n) is 1.41. The molecule has 0 atom stereocenters. The van der Waals surface area contributed by atoms with E-state index in [2.05, 4.69) is 43.4 Å². The van der Waals surface area contributed by atoms with Crippen molar-refractivity contribution in [1.82, 2.24) is 5.32 Å². The van der Waals surface area contributed by atoms with Crippen molar-refractivity contribution in [2.75, 3.05) is 0 Å². The lowest BCUT2D eigenvalue weighted by Crippen LogP contribution is -2.27. The highest BCUT2D eigenvalue weighted by Gasteiger charge is 2.05. The van der Waals surface area contributed by atoms with Crippen LogP contribution >= 0.6 is 0 Å². The average molecular weight is 219 g/mol. The predicted molar refractivity (Wildman–Crippen MR) is 67.2 cm³/mol. The highest BCUT2D eigenvalue weighted by Crippen LogP contribution is 2.14. The fourth-order valence-corrected chi connectivity index (χ4v) is 1.41. The predicted octanol–water partition coefficient (Wildman–Crippen LogP) is 3.08. The summed E-state index contributed by atoms with van der Waals surface area (Å²) in [5.74, 6) is 0.710. The molecule has 0 aliphatic rings. The third-order valence-corrected chi connectivity index (χ3v) is 2.64. The molecule has 0 aliphatic carbocycles. The quantitative estimate of drug-likeness (QED) is 0.828. The van der Waals surface area contributed by atoms with E-state index in [0.717, 1.165) is 5.56 Å². The Bertz CT molecular complexity index is 338. The number of hydrogen-bond acceptors (Lipinski definition) is 1. The lowest BCUT2D eigenvalue weighted by atomic mass is 10.0. The minimum absolute atomic E-state index is 0.0509. The molecule has 88 valence electrons. The molecule has 16 heavy (non-hydrogen) atoms. The van der Waals surface area contributed by atoms with Crippen LogP contribution < -0.4 is 5.32 Å². The zero-order valence-corrected chi connectivity index (χ0v) is 10.6. The van der Waals surface area contributed by atoms with Crippen molar-refractivity contribution >= 4 is 5.91 Å². The summed E-state index contributed by atoms with van der Waals surface area (Å²) in [6.07, 6.45) is 0. The molecule has 0 aromatic heterocycles. The van der Waals surface area contributed by atoms with Crippen LogP contribution in [-0.2, 0) is 11.3 Å². The van der Waals surface area contributed by atoms with Gasteiger partial charge in [-0.1, -0.05) is 52.0 Å². The second kappa shape index (κ2) is 5.69. The van der Waals surface area contributed by atoms with E-state index in [1.54, 1.807) is 0 Å². The van der Waals surface area contributed by atoms with E-state index in [9.17, 15) is 4.79 Å². The van der Waals surface area contributed by atoms with Crippen molar-refractivity contribution in [3.05, 3.63) is 35.4 Å². The Balaban J connectivity index is 2.53. The molecule has 0 radical (unpaired) electrons. The van der Waals surface area contributed by atoms with Gasteiger partial charge in [-0.25, -0.2) is 0 Å². The van der Waals surface area contributed by atoms with Crippen molar-refractivity contribution < 1.29 is 4.79 Å². The van der Waals surface area contributed by atoms with Gasteiger partial charge in [0.2, 0.25) is 5.91 Å². The summed E-state index contributed by atoms with van der Waals surface area (Å²) in [7, 11) is 0. The zero-order chi connectivity index (χ0) is 12.1. The van der Waals surface area contributed by atoms with Gasteiger partial charge in [-0.2, -0.15) is 0 Å². The Hall–Kier alpha value is -1.31. The van der Waals surface area contributed by atoms with E-state index in [1.807, 2.05) is 13.8 Å². The summed E-state index contributed by atoms with van der Waals surface area (Å²) in [5, 5.41) is 2.91. The Kier molecular flexibility index (Phi) is 4.53. The Morgan fingerprint density at radius 3 is 2.12 bits per heavy atom. The SMILES string of the molecule is CC(C)C(=O)NCc1ccc(C(C)C)cc1. The number of rotatable bonds is 4. The molecule has 0 saturated heterocycles. The monoisotopic (exact) mass is 219 g/mol. The highest BCUT2D eigenvalue weighted by atomic mass is 16.1. The first-order valence-corrected chi connectivity index (χ1v) is 5.87. The van der Waals surface area contributed by atoms with Crippen LogP contribution in [0.2, 0.25) is 0 Å². The molecule has 0 aliphatic heterocycles. The molecule has 0 bridgehead atoms. The third-order valence-electron chi connectivity index (χ3n) is 2.64. The van der Waals surface area contributed by atoms with Crippen LogP contribution in [0.1, 0.15) is 44.7 Å². The van der Waals surface area contributed by atoms with Crippen molar-refractivity contribution in [2.24, 2.45) is 5.92 Å². The van der Waals surface area contributed by atoms with Crippen molar-refractivity contribution in [1.29, 1.82) is 0 Å². The van der Waals surface area contributed by atoms with Crippen molar-refractivity contribution in [2.45, 2.75) is 40.2 Å². The lowest BCUT2D eigenvalue weighted by molar-refractivity contribution is -0.124. The molecule has 1 amide bonds. The molecule has 0 saturated carbocycles. The minimum Gasteiger partial charge on any atom is -0.352 e. The van der Waals surface area contributed by atoms with Crippen LogP contribution in [0.25, 0.3) is 0 Å². The molecular weight excluding hydrogens is 198 g/mol. The fraction of sp³-hybridized carbons (Fsp3) is 0.500. The lowest BCUT2D eigenvalue weighted by Gasteiger charge is -2.09. The van der Waals surface area contributed by atoms with Gasteiger partial charge in [-0.15, -0.1) is 0 Å². The zero-order valence-electron chi connectivity index (χ0n) is 10.6. The van der Waals surface area contributed by atoms with E-state index >= 15 is 0 Å². The van der Waals surface area contributed by atoms with Crippen LogP contribution in [0.4, 0.5) is 0 Å². The Labute approximate surface area is 98.1 Å². The molecule has 2 heteroatoms. The Morgan fingerprint density at radius 1 is 1.12 bits per heavy atom. The first-order chi connectivity index (χ1) is 7.50. The highest BCUT2D eigenvalue weighted by molar-refractivity contribution is 5.77. The van der Waals surface area contributed by atoms with Crippen LogP contribution in [0.15, 0.2) is 24.3 Å². The maximum absolute atomic E-state index is 11.4.